The first-order valence-corrected chi connectivity index (χ1v) is 12.7. The Kier molecular flexibility index (Phi) is 6.66. The molecule has 4 aliphatic rings. The quantitative estimate of drug-likeness (QED) is 0.707. The first-order chi connectivity index (χ1) is 13.7. The summed E-state index contributed by atoms with van der Waals surface area (Å²) in [7, 11) is 0. The molecule has 4 rings (SSSR count). The minimum atomic E-state index is 0.351. The van der Waals surface area contributed by atoms with Gasteiger partial charge in [0.15, 0.2) is 0 Å². The van der Waals surface area contributed by atoms with Crippen molar-refractivity contribution in [2.45, 2.75) is 90.8 Å². The molecule has 0 radical (unpaired) electrons. The molecule has 4 aliphatic heterocycles. The maximum atomic E-state index is 2.85. The molecule has 1 spiro atoms. The van der Waals surface area contributed by atoms with E-state index in [9.17, 15) is 0 Å². The molecule has 4 heteroatoms. The zero-order valence-corrected chi connectivity index (χ0v) is 20.1. The van der Waals surface area contributed by atoms with Crippen LogP contribution in [-0.2, 0) is 0 Å². The van der Waals surface area contributed by atoms with Crippen molar-refractivity contribution in [1.82, 2.24) is 19.6 Å². The van der Waals surface area contributed by atoms with Crippen LogP contribution in [0, 0.1) is 11.3 Å². The maximum Gasteiger partial charge on any atom is 0.0125 e. The highest BCUT2D eigenvalue weighted by Gasteiger charge is 2.47. The smallest absolute Gasteiger partial charge is 0.0125 e. The highest BCUT2D eigenvalue weighted by Crippen LogP contribution is 2.43. The normalized spacial score (nSPS) is 29.6. The molecule has 0 saturated carbocycles. The molecule has 29 heavy (non-hydrogen) atoms. The zero-order chi connectivity index (χ0) is 20.6. The van der Waals surface area contributed by atoms with E-state index < -0.39 is 0 Å². The Labute approximate surface area is 181 Å². The van der Waals surface area contributed by atoms with Gasteiger partial charge in [-0.1, -0.05) is 0 Å². The van der Waals surface area contributed by atoms with E-state index in [1.165, 1.54) is 97.4 Å². The van der Waals surface area contributed by atoms with E-state index in [0.717, 1.165) is 18.0 Å². The number of piperidine rings is 3. The third-order valence-electron chi connectivity index (χ3n) is 8.82. The number of nitrogens with zero attached hydrogens (tertiary/aromatic N) is 4. The second-order valence-corrected chi connectivity index (χ2v) is 12.2. The van der Waals surface area contributed by atoms with Gasteiger partial charge in [-0.05, 0) is 124 Å². The molecule has 4 fully saturated rings. The van der Waals surface area contributed by atoms with Gasteiger partial charge < -0.3 is 9.80 Å². The van der Waals surface area contributed by atoms with Crippen LogP contribution >= 0.6 is 0 Å². The Bertz CT molecular complexity index is 507. The molecule has 0 bridgehead atoms. The third kappa shape index (κ3) is 5.19. The van der Waals surface area contributed by atoms with Gasteiger partial charge in [0.25, 0.3) is 0 Å². The lowest BCUT2D eigenvalue weighted by Crippen LogP contribution is -2.64. The van der Waals surface area contributed by atoms with Crippen molar-refractivity contribution < 1.29 is 0 Å². The van der Waals surface area contributed by atoms with Crippen molar-refractivity contribution in [3.8, 4) is 0 Å². The minimum Gasteiger partial charge on any atom is -0.303 e. The predicted molar refractivity (Wildman–Crippen MR) is 123 cm³/mol. The fourth-order valence-corrected chi connectivity index (χ4v) is 6.52. The molecule has 4 heterocycles. The number of likely N-dealkylation sites (tertiary alicyclic amines) is 4. The van der Waals surface area contributed by atoms with Gasteiger partial charge in [-0.25, -0.2) is 0 Å². The minimum absolute atomic E-state index is 0.351. The molecular formula is C25H48N4. The number of hydrogen-bond donors (Lipinski definition) is 0. The molecule has 4 nitrogen and oxygen atoms in total. The Morgan fingerprint density at radius 1 is 0.828 bits per heavy atom. The molecule has 0 aliphatic carbocycles. The van der Waals surface area contributed by atoms with Gasteiger partial charge in [0, 0.05) is 37.3 Å². The van der Waals surface area contributed by atoms with Crippen LogP contribution in [0.1, 0.15) is 73.1 Å². The van der Waals surface area contributed by atoms with E-state index in [0.29, 0.717) is 11.0 Å². The topological polar surface area (TPSA) is 13.0 Å². The van der Waals surface area contributed by atoms with E-state index in [-0.39, 0.29) is 0 Å². The Morgan fingerprint density at radius 3 is 1.93 bits per heavy atom. The summed E-state index contributed by atoms with van der Waals surface area (Å²) >= 11 is 0. The SMILES string of the molecule is CC(C)N1CCC2(CC1)CN(C1CCN(CC3CCN(C(C)(C)C)CC3)CC1)C2. The molecule has 4 saturated heterocycles. The van der Waals surface area contributed by atoms with E-state index in [2.05, 4.69) is 54.2 Å². The number of hydrogen-bond acceptors (Lipinski definition) is 4. The van der Waals surface area contributed by atoms with Crippen molar-refractivity contribution in [2.75, 3.05) is 58.9 Å². The largest absolute Gasteiger partial charge is 0.303 e. The van der Waals surface area contributed by atoms with Gasteiger partial charge in [-0.2, -0.15) is 0 Å². The van der Waals surface area contributed by atoms with Gasteiger partial charge in [-0.3, -0.25) is 9.80 Å². The molecule has 0 amide bonds. The van der Waals surface area contributed by atoms with E-state index in [4.69, 9.17) is 0 Å². The van der Waals surface area contributed by atoms with Crippen molar-refractivity contribution in [3.05, 3.63) is 0 Å². The van der Waals surface area contributed by atoms with Crippen LogP contribution in [0.5, 0.6) is 0 Å². The molecule has 0 aromatic heterocycles. The van der Waals surface area contributed by atoms with Crippen molar-refractivity contribution in [3.63, 3.8) is 0 Å². The van der Waals surface area contributed by atoms with Crippen LogP contribution in [0.15, 0.2) is 0 Å². The first-order valence-electron chi connectivity index (χ1n) is 12.7. The summed E-state index contributed by atoms with van der Waals surface area (Å²) in [5.74, 6) is 0.934. The average molecular weight is 405 g/mol. The lowest BCUT2D eigenvalue weighted by atomic mass is 9.70. The van der Waals surface area contributed by atoms with Gasteiger partial charge in [0.2, 0.25) is 0 Å². The molecule has 0 N–H and O–H groups in total. The van der Waals surface area contributed by atoms with Crippen LogP contribution < -0.4 is 0 Å². The monoisotopic (exact) mass is 404 g/mol. The lowest BCUT2D eigenvalue weighted by Gasteiger charge is -2.58. The second kappa shape index (κ2) is 8.76. The first kappa shape index (κ1) is 22.0. The average Bonchev–Trinajstić information content (AvgIpc) is 2.66. The van der Waals surface area contributed by atoms with Gasteiger partial charge >= 0.3 is 0 Å². The second-order valence-electron chi connectivity index (χ2n) is 12.2. The lowest BCUT2D eigenvalue weighted by molar-refractivity contribution is -0.0839. The highest BCUT2D eigenvalue weighted by atomic mass is 15.3. The van der Waals surface area contributed by atoms with Gasteiger partial charge in [0.05, 0.1) is 0 Å². The predicted octanol–water partition coefficient (Wildman–Crippen LogP) is 3.77. The third-order valence-corrected chi connectivity index (χ3v) is 8.82. The molecule has 0 aromatic carbocycles. The van der Waals surface area contributed by atoms with Crippen molar-refractivity contribution >= 4 is 0 Å². The summed E-state index contributed by atoms with van der Waals surface area (Å²) < 4.78 is 0. The molecular weight excluding hydrogens is 356 g/mol. The standard InChI is InChI=1S/C25H48N4/c1-21(2)27-16-10-25(11-17-27)19-28(20-25)23-8-12-26(13-9-23)18-22-6-14-29(15-7-22)24(3,4)5/h21-23H,6-20H2,1-5H3. The Balaban J connectivity index is 1.14. The van der Waals surface area contributed by atoms with Crippen molar-refractivity contribution in [2.24, 2.45) is 11.3 Å². The van der Waals surface area contributed by atoms with E-state index in [1.807, 2.05) is 0 Å². The van der Waals surface area contributed by atoms with Crippen LogP contribution in [0.4, 0.5) is 0 Å². The Morgan fingerprint density at radius 2 is 1.41 bits per heavy atom. The Hall–Kier alpha value is -0.160. The van der Waals surface area contributed by atoms with Gasteiger partial charge in [-0.15, -0.1) is 0 Å². The van der Waals surface area contributed by atoms with E-state index in [1.54, 1.807) is 0 Å². The maximum absolute atomic E-state index is 2.85. The zero-order valence-electron chi connectivity index (χ0n) is 20.1. The van der Waals surface area contributed by atoms with Crippen LogP contribution in [-0.4, -0.2) is 96.1 Å². The molecule has 0 unspecified atom stereocenters. The fraction of sp³-hybridized carbons (Fsp3) is 1.00. The summed E-state index contributed by atoms with van der Waals surface area (Å²) in [5, 5.41) is 0. The summed E-state index contributed by atoms with van der Waals surface area (Å²) in [6.45, 7) is 23.9. The summed E-state index contributed by atoms with van der Waals surface area (Å²) in [4.78, 5) is 11.0. The summed E-state index contributed by atoms with van der Waals surface area (Å²) in [6.07, 6.45) is 8.50. The van der Waals surface area contributed by atoms with Gasteiger partial charge in [0.1, 0.15) is 0 Å². The van der Waals surface area contributed by atoms with E-state index >= 15 is 0 Å². The van der Waals surface area contributed by atoms with Crippen LogP contribution in [0.2, 0.25) is 0 Å². The summed E-state index contributed by atoms with van der Waals surface area (Å²) in [6, 6.07) is 1.61. The van der Waals surface area contributed by atoms with Crippen molar-refractivity contribution in [1.29, 1.82) is 0 Å². The highest BCUT2D eigenvalue weighted by molar-refractivity contribution is 5.01. The van der Waals surface area contributed by atoms with Crippen LogP contribution in [0.3, 0.4) is 0 Å². The summed E-state index contributed by atoms with van der Waals surface area (Å²) in [5.41, 5.74) is 1.03. The molecule has 0 atom stereocenters. The van der Waals surface area contributed by atoms with Crippen LogP contribution in [0.25, 0.3) is 0 Å². The molecule has 168 valence electrons. The fourth-order valence-electron chi connectivity index (χ4n) is 6.52. The molecule has 0 aromatic rings. The number of rotatable bonds is 4.